The molecule has 1 amide bonds. The van der Waals surface area contributed by atoms with Crippen LogP contribution in [0.4, 0.5) is 5.69 Å². The normalized spacial score (nSPS) is 11.4. The molecule has 0 N–H and O–H groups in total. The highest BCUT2D eigenvalue weighted by molar-refractivity contribution is 5.84. The molecule has 0 aliphatic rings. The number of para-hydroxylation sites is 1. The second-order valence-corrected chi connectivity index (χ2v) is 4.11. The minimum Gasteiger partial charge on any atom is -0.287 e. The molecular weight excluding hydrogens is 210 g/mol. The molecule has 1 aromatic carbocycles. The van der Waals surface area contributed by atoms with Gasteiger partial charge >= 0.3 is 0 Å². The fourth-order valence-corrected chi connectivity index (χ4v) is 1.89. The fraction of sp³-hybridized carbons (Fsp3) is 0.267. The van der Waals surface area contributed by atoms with Crippen molar-refractivity contribution in [1.29, 1.82) is 0 Å². The molecule has 2 heteroatoms. The first kappa shape index (κ1) is 13.2. The average molecular weight is 229 g/mol. The van der Waals surface area contributed by atoms with Crippen molar-refractivity contribution in [1.82, 2.24) is 0 Å². The van der Waals surface area contributed by atoms with Crippen LogP contribution in [0.5, 0.6) is 0 Å². The molecule has 0 radical (unpaired) electrons. The van der Waals surface area contributed by atoms with Crippen LogP contribution in [0.1, 0.15) is 26.3 Å². The lowest BCUT2D eigenvalue weighted by Crippen LogP contribution is -2.24. The number of benzene rings is 1. The van der Waals surface area contributed by atoms with Crippen LogP contribution < -0.4 is 4.90 Å². The SMILES string of the molecule is C=Cc1ccccc1N(C=O)/C(=C/C)C(C)C. The zero-order valence-electron chi connectivity index (χ0n) is 10.7. The largest absolute Gasteiger partial charge is 0.287 e. The summed E-state index contributed by atoms with van der Waals surface area (Å²) in [7, 11) is 0. The topological polar surface area (TPSA) is 20.3 Å². The number of rotatable bonds is 5. The molecular formula is C15H19NO. The average Bonchev–Trinajstić information content (AvgIpc) is 2.35. The third kappa shape index (κ3) is 2.84. The minimum atomic E-state index is 0.295. The molecule has 0 spiro atoms. The molecule has 0 aromatic heterocycles. The maximum absolute atomic E-state index is 11.3. The van der Waals surface area contributed by atoms with Crippen LogP contribution in [0.15, 0.2) is 42.6 Å². The van der Waals surface area contributed by atoms with Crippen molar-refractivity contribution in [2.24, 2.45) is 5.92 Å². The molecule has 0 aliphatic carbocycles. The second-order valence-electron chi connectivity index (χ2n) is 4.11. The highest BCUT2D eigenvalue weighted by Gasteiger charge is 2.15. The van der Waals surface area contributed by atoms with E-state index in [0.29, 0.717) is 5.92 Å². The van der Waals surface area contributed by atoms with Gasteiger partial charge in [0.15, 0.2) is 0 Å². The molecule has 1 aromatic rings. The van der Waals surface area contributed by atoms with Gasteiger partial charge in [0.25, 0.3) is 0 Å². The van der Waals surface area contributed by atoms with Crippen molar-refractivity contribution < 1.29 is 4.79 Å². The van der Waals surface area contributed by atoms with E-state index in [9.17, 15) is 4.79 Å². The molecule has 17 heavy (non-hydrogen) atoms. The van der Waals surface area contributed by atoms with Gasteiger partial charge in [0.1, 0.15) is 0 Å². The van der Waals surface area contributed by atoms with E-state index in [0.717, 1.165) is 23.4 Å². The molecule has 0 heterocycles. The maximum atomic E-state index is 11.3. The Hall–Kier alpha value is -1.83. The Labute approximate surface area is 103 Å². The Kier molecular flexibility index (Phi) is 4.70. The molecule has 0 aliphatic heterocycles. The molecule has 2 nitrogen and oxygen atoms in total. The Bertz CT molecular complexity index is 432. The van der Waals surface area contributed by atoms with Gasteiger partial charge in [-0.15, -0.1) is 0 Å². The van der Waals surface area contributed by atoms with Gasteiger partial charge in [-0.1, -0.05) is 50.8 Å². The lowest BCUT2D eigenvalue weighted by molar-refractivity contribution is -0.107. The summed E-state index contributed by atoms with van der Waals surface area (Å²) in [6.45, 7) is 9.87. The van der Waals surface area contributed by atoms with Crippen molar-refractivity contribution in [3.63, 3.8) is 0 Å². The summed E-state index contributed by atoms with van der Waals surface area (Å²) in [4.78, 5) is 13.0. The van der Waals surface area contributed by atoms with E-state index in [1.54, 1.807) is 11.0 Å². The molecule has 0 saturated carbocycles. The Morgan fingerprint density at radius 1 is 1.35 bits per heavy atom. The van der Waals surface area contributed by atoms with Gasteiger partial charge < -0.3 is 0 Å². The van der Waals surface area contributed by atoms with E-state index in [-0.39, 0.29) is 0 Å². The summed E-state index contributed by atoms with van der Waals surface area (Å²) in [5, 5.41) is 0. The highest BCUT2D eigenvalue weighted by atomic mass is 16.1. The Morgan fingerprint density at radius 2 is 2.00 bits per heavy atom. The van der Waals surface area contributed by atoms with Crippen LogP contribution in [0, 0.1) is 5.92 Å². The van der Waals surface area contributed by atoms with Crippen LogP contribution in [0.3, 0.4) is 0 Å². The number of nitrogens with zero attached hydrogens (tertiary/aromatic N) is 1. The predicted octanol–water partition coefficient (Wildman–Crippen LogP) is 3.85. The molecule has 1 rings (SSSR count). The third-order valence-electron chi connectivity index (χ3n) is 2.69. The molecule has 0 saturated heterocycles. The van der Waals surface area contributed by atoms with Crippen molar-refractivity contribution in [2.75, 3.05) is 4.90 Å². The van der Waals surface area contributed by atoms with Crippen molar-refractivity contribution in [3.05, 3.63) is 48.2 Å². The third-order valence-corrected chi connectivity index (χ3v) is 2.69. The van der Waals surface area contributed by atoms with Gasteiger partial charge in [-0.05, 0) is 24.5 Å². The Morgan fingerprint density at radius 3 is 2.47 bits per heavy atom. The van der Waals surface area contributed by atoms with Gasteiger partial charge in [-0.25, -0.2) is 0 Å². The van der Waals surface area contributed by atoms with Crippen LogP contribution in [-0.2, 0) is 4.79 Å². The standard InChI is InChI=1S/C15H19NO/c1-5-13-9-7-8-10-15(13)16(11-17)14(6-2)12(3)4/h5-12H,1H2,2-4H3/b14-6+. The smallest absolute Gasteiger partial charge is 0.218 e. The fourth-order valence-electron chi connectivity index (χ4n) is 1.89. The lowest BCUT2D eigenvalue weighted by Gasteiger charge is -2.25. The second kappa shape index (κ2) is 6.04. The summed E-state index contributed by atoms with van der Waals surface area (Å²) < 4.78 is 0. The summed E-state index contributed by atoms with van der Waals surface area (Å²) >= 11 is 0. The van der Waals surface area contributed by atoms with Gasteiger partial charge in [0, 0.05) is 5.70 Å². The van der Waals surface area contributed by atoms with E-state index < -0.39 is 0 Å². The number of hydrogen-bond acceptors (Lipinski definition) is 1. The monoisotopic (exact) mass is 229 g/mol. The van der Waals surface area contributed by atoms with E-state index in [2.05, 4.69) is 20.4 Å². The molecule has 0 atom stereocenters. The van der Waals surface area contributed by atoms with Crippen LogP contribution in [-0.4, -0.2) is 6.41 Å². The molecule has 0 unspecified atom stereocenters. The Balaban J connectivity index is 3.26. The van der Waals surface area contributed by atoms with E-state index in [1.807, 2.05) is 37.3 Å². The van der Waals surface area contributed by atoms with E-state index >= 15 is 0 Å². The van der Waals surface area contributed by atoms with Crippen LogP contribution in [0.2, 0.25) is 0 Å². The quantitative estimate of drug-likeness (QED) is 0.702. The predicted molar refractivity (Wildman–Crippen MR) is 73.7 cm³/mol. The molecule has 0 fully saturated rings. The number of allylic oxidation sites excluding steroid dienone is 2. The summed E-state index contributed by atoms with van der Waals surface area (Å²) in [6, 6.07) is 7.74. The first-order chi connectivity index (χ1) is 8.15. The van der Waals surface area contributed by atoms with Crippen molar-refractivity contribution in [3.8, 4) is 0 Å². The first-order valence-corrected chi connectivity index (χ1v) is 5.77. The van der Waals surface area contributed by atoms with E-state index in [1.165, 1.54) is 0 Å². The van der Waals surface area contributed by atoms with Crippen LogP contribution in [0.25, 0.3) is 6.08 Å². The number of carbonyl (C=O) groups excluding carboxylic acids is 1. The van der Waals surface area contributed by atoms with Crippen molar-refractivity contribution in [2.45, 2.75) is 20.8 Å². The number of carbonyl (C=O) groups is 1. The zero-order chi connectivity index (χ0) is 12.8. The lowest BCUT2D eigenvalue weighted by atomic mass is 10.1. The van der Waals surface area contributed by atoms with Gasteiger partial charge in [-0.3, -0.25) is 9.69 Å². The molecule has 90 valence electrons. The number of anilines is 1. The maximum Gasteiger partial charge on any atom is 0.218 e. The summed E-state index contributed by atoms with van der Waals surface area (Å²) in [5.74, 6) is 0.295. The number of amides is 1. The zero-order valence-corrected chi connectivity index (χ0v) is 10.7. The van der Waals surface area contributed by atoms with Crippen molar-refractivity contribution >= 4 is 18.2 Å². The van der Waals surface area contributed by atoms with Crippen LogP contribution >= 0.6 is 0 Å². The number of hydrogen-bond donors (Lipinski definition) is 0. The first-order valence-electron chi connectivity index (χ1n) is 5.77. The summed E-state index contributed by atoms with van der Waals surface area (Å²) in [6.07, 6.45) is 4.59. The van der Waals surface area contributed by atoms with Gasteiger partial charge in [0.05, 0.1) is 5.69 Å². The minimum absolute atomic E-state index is 0.295. The highest BCUT2D eigenvalue weighted by Crippen LogP contribution is 2.26. The van der Waals surface area contributed by atoms with E-state index in [4.69, 9.17) is 0 Å². The summed E-state index contributed by atoms with van der Waals surface area (Å²) in [5.41, 5.74) is 2.83. The van der Waals surface area contributed by atoms with Gasteiger partial charge in [-0.2, -0.15) is 0 Å². The van der Waals surface area contributed by atoms with Gasteiger partial charge in [0.2, 0.25) is 6.41 Å². The molecule has 0 bridgehead atoms.